The Kier molecular flexibility index (Phi) is 3.53. The van der Waals surface area contributed by atoms with Gasteiger partial charge in [0.05, 0.1) is 4.88 Å². The predicted octanol–water partition coefficient (Wildman–Crippen LogP) is 2.42. The van der Waals surface area contributed by atoms with Crippen molar-refractivity contribution in [1.82, 2.24) is 20.0 Å². The monoisotopic (exact) mass is 328 g/mol. The first kappa shape index (κ1) is 14.4. The summed E-state index contributed by atoms with van der Waals surface area (Å²) in [4.78, 5) is 12.3. The van der Waals surface area contributed by atoms with Crippen LogP contribution in [0.15, 0.2) is 38.9 Å². The molecule has 0 aliphatic heterocycles. The van der Waals surface area contributed by atoms with Gasteiger partial charge < -0.3 is 4.42 Å². The minimum absolute atomic E-state index is 0.00248. The minimum Gasteiger partial charge on any atom is -0.418 e. The highest BCUT2D eigenvalue weighted by molar-refractivity contribution is 7.13. The number of aromatic nitrogens is 4. The zero-order chi connectivity index (χ0) is 15.7. The molecule has 0 N–H and O–H groups in total. The van der Waals surface area contributed by atoms with E-state index in [1.165, 1.54) is 11.3 Å². The van der Waals surface area contributed by atoms with E-state index in [-0.39, 0.29) is 18.3 Å². The second-order valence-corrected chi connectivity index (χ2v) is 5.14. The molecule has 10 heteroatoms. The van der Waals surface area contributed by atoms with E-state index in [0.29, 0.717) is 10.7 Å². The maximum Gasteiger partial charge on any atom is 0.435 e. The average Bonchev–Trinajstić information content (AvgIpc) is 3.10. The Balaban J connectivity index is 1.89. The predicted molar refractivity (Wildman–Crippen MR) is 70.2 cm³/mol. The lowest BCUT2D eigenvalue weighted by molar-refractivity contribution is -0.142. The molecule has 3 aromatic rings. The Morgan fingerprint density at radius 2 is 2.05 bits per heavy atom. The van der Waals surface area contributed by atoms with Gasteiger partial charge >= 0.3 is 6.18 Å². The van der Waals surface area contributed by atoms with Gasteiger partial charge in [-0.1, -0.05) is 6.07 Å². The summed E-state index contributed by atoms with van der Waals surface area (Å²) < 4.78 is 43.8. The maximum absolute atomic E-state index is 12.6. The van der Waals surface area contributed by atoms with Gasteiger partial charge in [-0.2, -0.15) is 18.3 Å². The van der Waals surface area contributed by atoms with Crippen molar-refractivity contribution in [1.29, 1.82) is 0 Å². The van der Waals surface area contributed by atoms with E-state index in [2.05, 4.69) is 15.3 Å². The van der Waals surface area contributed by atoms with Gasteiger partial charge in [0, 0.05) is 6.07 Å². The van der Waals surface area contributed by atoms with Crippen molar-refractivity contribution in [3.8, 4) is 10.8 Å². The van der Waals surface area contributed by atoms with E-state index >= 15 is 0 Å². The maximum atomic E-state index is 12.6. The quantitative estimate of drug-likeness (QED) is 0.738. The van der Waals surface area contributed by atoms with Gasteiger partial charge in [0.15, 0.2) is 5.69 Å². The SMILES string of the molecule is O=c1ccc(C(F)(F)F)nn1Cc1nnc(-c2cccs2)o1. The molecule has 3 aromatic heterocycles. The molecule has 0 aliphatic carbocycles. The molecule has 0 radical (unpaired) electrons. The number of halogens is 3. The van der Waals surface area contributed by atoms with Gasteiger partial charge in [0.25, 0.3) is 11.4 Å². The highest BCUT2D eigenvalue weighted by atomic mass is 32.1. The van der Waals surface area contributed by atoms with Crippen molar-refractivity contribution >= 4 is 11.3 Å². The number of nitrogens with zero attached hydrogens (tertiary/aromatic N) is 4. The molecule has 22 heavy (non-hydrogen) atoms. The number of alkyl halides is 3. The second-order valence-electron chi connectivity index (χ2n) is 4.19. The smallest absolute Gasteiger partial charge is 0.418 e. The summed E-state index contributed by atoms with van der Waals surface area (Å²) in [6, 6.07) is 4.98. The summed E-state index contributed by atoms with van der Waals surface area (Å²) in [5.41, 5.74) is -1.85. The average molecular weight is 328 g/mol. The third-order valence-corrected chi connectivity index (χ3v) is 3.50. The zero-order valence-corrected chi connectivity index (χ0v) is 11.6. The summed E-state index contributed by atoms with van der Waals surface area (Å²) in [6.45, 7) is -0.332. The first-order chi connectivity index (χ1) is 10.4. The molecule has 0 amide bonds. The molecule has 3 heterocycles. The molecule has 0 atom stereocenters. The molecule has 0 saturated heterocycles. The van der Waals surface area contributed by atoms with Gasteiger partial charge in [0.2, 0.25) is 5.89 Å². The van der Waals surface area contributed by atoms with Crippen molar-refractivity contribution in [2.45, 2.75) is 12.7 Å². The van der Waals surface area contributed by atoms with Crippen LogP contribution in [0.2, 0.25) is 0 Å². The normalized spacial score (nSPS) is 11.8. The lowest BCUT2D eigenvalue weighted by atomic mass is 10.4. The van der Waals surface area contributed by atoms with Crippen LogP contribution in [-0.4, -0.2) is 20.0 Å². The summed E-state index contributed by atoms with van der Waals surface area (Å²) >= 11 is 1.38. The third-order valence-electron chi connectivity index (χ3n) is 2.64. The minimum atomic E-state index is -4.63. The summed E-state index contributed by atoms with van der Waals surface area (Å²) in [5, 5.41) is 12.6. The third kappa shape index (κ3) is 2.91. The van der Waals surface area contributed by atoms with Gasteiger partial charge in [0.1, 0.15) is 6.54 Å². The van der Waals surface area contributed by atoms with Crippen LogP contribution in [0, 0.1) is 0 Å². The van der Waals surface area contributed by atoms with E-state index in [4.69, 9.17) is 4.42 Å². The van der Waals surface area contributed by atoms with Crippen molar-refractivity contribution in [3.63, 3.8) is 0 Å². The Hall–Kier alpha value is -2.49. The van der Waals surface area contributed by atoms with Crippen LogP contribution in [0.1, 0.15) is 11.6 Å². The largest absolute Gasteiger partial charge is 0.435 e. The van der Waals surface area contributed by atoms with Crippen LogP contribution in [0.3, 0.4) is 0 Å². The van der Waals surface area contributed by atoms with Crippen LogP contribution >= 0.6 is 11.3 Å². The Morgan fingerprint density at radius 1 is 1.23 bits per heavy atom. The van der Waals surface area contributed by atoms with Gasteiger partial charge in [-0.05, 0) is 17.5 Å². The molecule has 0 saturated carbocycles. The zero-order valence-electron chi connectivity index (χ0n) is 10.7. The topological polar surface area (TPSA) is 73.8 Å². The van der Waals surface area contributed by atoms with Crippen LogP contribution in [0.5, 0.6) is 0 Å². The van der Waals surface area contributed by atoms with Gasteiger partial charge in [-0.25, -0.2) is 4.68 Å². The van der Waals surface area contributed by atoms with Crippen LogP contribution < -0.4 is 5.56 Å². The van der Waals surface area contributed by atoms with Gasteiger partial charge in [-0.15, -0.1) is 21.5 Å². The molecular formula is C12H7F3N4O2S. The van der Waals surface area contributed by atoms with Crippen molar-refractivity contribution in [2.75, 3.05) is 0 Å². The fraction of sp³-hybridized carbons (Fsp3) is 0.167. The van der Waals surface area contributed by atoms with E-state index in [1.807, 2.05) is 5.38 Å². The van der Waals surface area contributed by atoms with Gasteiger partial charge in [-0.3, -0.25) is 4.79 Å². The fourth-order valence-electron chi connectivity index (χ4n) is 1.66. The van der Waals surface area contributed by atoms with Crippen LogP contribution in [0.4, 0.5) is 13.2 Å². The second kappa shape index (κ2) is 5.37. The highest BCUT2D eigenvalue weighted by Crippen LogP contribution is 2.26. The lowest BCUT2D eigenvalue weighted by Gasteiger charge is -2.07. The lowest BCUT2D eigenvalue weighted by Crippen LogP contribution is -2.26. The molecule has 0 fully saturated rings. The molecule has 0 unspecified atom stereocenters. The molecular weight excluding hydrogens is 321 g/mol. The summed E-state index contributed by atoms with van der Waals surface area (Å²) in [6.07, 6.45) is -4.63. The van der Waals surface area contributed by atoms with Crippen molar-refractivity contribution < 1.29 is 17.6 Å². The van der Waals surface area contributed by atoms with E-state index < -0.39 is 17.4 Å². The molecule has 0 aliphatic rings. The van der Waals surface area contributed by atoms with Crippen LogP contribution in [-0.2, 0) is 12.7 Å². The van der Waals surface area contributed by atoms with E-state index in [0.717, 1.165) is 10.9 Å². The van der Waals surface area contributed by atoms with Crippen molar-refractivity contribution in [2.24, 2.45) is 0 Å². The number of hydrogen-bond acceptors (Lipinski definition) is 6. The number of hydrogen-bond donors (Lipinski definition) is 0. The highest BCUT2D eigenvalue weighted by Gasteiger charge is 2.33. The molecule has 0 bridgehead atoms. The number of thiophene rings is 1. The molecule has 3 rings (SSSR count). The summed E-state index contributed by atoms with van der Waals surface area (Å²) in [5.74, 6) is 0.238. The first-order valence-electron chi connectivity index (χ1n) is 5.95. The standard InChI is InChI=1S/C12H7F3N4O2S/c13-12(14,15)8-3-4-10(20)19(18-8)6-9-16-17-11(21-9)7-2-1-5-22-7/h1-5H,6H2. The fourth-order valence-corrected chi connectivity index (χ4v) is 2.30. The molecule has 114 valence electrons. The molecule has 0 spiro atoms. The van der Waals surface area contributed by atoms with E-state index in [9.17, 15) is 18.0 Å². The molecule has 6 nitrogen and oxygen atoms in total. The van der Waals surface area contributed by atoms with Crippen LogP contribution in [0.25, 0.3) is 10.8 Å². The Labute approximate surface area is 124 Å². The Morgan fingerprint density at radius 3 is 2.73 bits per heavy atom. The number of rotatable bonds is 3. The van der Waals surface area contributed by atoms with Crippen molar-refractivity contribution in [3.05, 3.63) is 51.6 Å². The first-order valence-corrected chi connectivity index (χ1v) is 6.83. The summed E-state index contributed by atoms with van der Waals surface area (Å²) in [7, 11) is 0. The molecule has 0 aromatic carbocycles. The van der Waals surface area contributed by atoms with E-state index in [1.54, 1.807) is 12.1 Å². The Bertz CT molecular complexity index is 839.